The Morgan fingerprint density at radius 3 is 2.31 bits per heavy atom. The molecule has 1 amide bonds. The molecule has 2 aromatic carbocycles. The molecule has 0 aliphatic heterocycles. The van der Waals surface area contributed by atoms with Crippen LogP contribution in [0, 0.1) is 0 Å². The third-order valence-electron chi connectivity index (χ3n) is 4.75. The van der Waals surface area contributed by atoms with Gasteiger partial charge >= 0.3 is 0 Å². The molecule has 3 aromatic rings. The van der Waals surface area contributed by atoms with E-state index in [1.807, 2.05) is 36.4 Å². The van der Waals surface area contributed by atoms with Crippen LogP contribution in [0.15, 0.2) is 76.3 Å². The lowest BCUT2D eigenvalue weighted by Crippen LogP contribution is -2.22. The summed E-state index contributed by atoms with van der Waals surface area (Å²) in [5.41, 5.74) is 9.89. The Kier molecular flexibility index (Phi) is 6.68. The maximum absolute atomic E-state index is 12.0. The molecule has 6 nitrogen and oxygen atoms in total. The van der Waals surface area contributed by atoms with Crippen molar-refractivity contribution >= 4 is 23.2 Å². The fraction of sp³-hybridized carbons (Fsp3) is 0.217. The van der Waals surface area contributed by atoms with Crippen molar-refractivity contribution in [3.05, 3.63) is 83.8 Å². The van der Waals surface area contributed by atoms with Crippen LogP contribution in [0.5, 0.6) is 0 Å². The Labute approximate surface area is 170 Å². The second-order valence-electron chi connectivity index (χ2n) is 6.89. The SMILES string of the molecule is CCC(C)c1ccc(NC(N)=NCc2ccc(NC(=O)c3ccco3)cc2)cc1. The summed E-state index contributed by atoms with van der Waals surface area (Å²) in [5, 5.41) is 5.89. The molecule has 0 aliphatic carbocycles. The minimum atomic E-state index is -0.284. The van der Waals surface area contributed by atoms with E-state index in [0.29, 0.717) is 24.1 Å². The van der Waals surface area contributed by atoms with Crippen molar-refractivity contribution in [3.63, 3.8) is 0 Å². The van der Waals surface area contributed by atoms with E-state index >= 15 is 0 Å². The molecule has 4 N–H and O–H groups in total. The molecule has 3 rings (SSSR count). The van der Waals surface area contributed by atoms with E-state index in [1.54, 1.807) is 12.1 Å². The standard InChI is InChI=1S/C23H26N4O2/c1-3-16(2)18-8-12-20(13-9-18)27-23(24)25-15-17-6-10-19(11-7-17)26-22(28)21-5-4-14-29-21/h4-14,16H,3,15H2,1-2H3,(H,26,28)(H3,24,25,27). The second kappa shape index (κ2) is 9.59. The Balaban J connectivity index is 1.53. The number of anilines is 2. The molecule has 0 fully saturated rings. The number of carbonyl (C=O) groups is 1. The van der Waals surface area contributed by atoms with Crippen LogP contribution in [0.4, 0.5) is 11.4 Å². The van der Waals surface area contributed by atoms with Gasteiger partial charge < -0.3 is 20.8 Å². The highest BCUT2D eigenvalue weighted by Crippen LogP contribution is 2.20. The number of guanidine groups is 1. The number of aliphatic imine (C=N–C) groups is 1. The smallest absolute Gasteiger partial charge is 0.291 e. The quantitative estimate of drug-likeness (QED) is 0.392. The van der Waals surface area contributed by atoms with Crippen LogP contribution >= 0.6 is 0 Å². The summed E-state index contributed by atoms with van der Waals surface area (Å²) in [6.45, 7) is 4.84. The summed E-state index contributed by atoms with van der Waals surface area (Å²) in [6, 6.07) is 19.0. The number of nitrogens with one attached hydrogen (secondary N) is 2. The zero-order chi connectivity index (χ0) is 20.6. The van der Waals surface area contributed by atoms with Crippen LogP contribution in [0.25, 0.3) is 0 Å². The lowest BCUT2D eigenvalue weighted by Gasteiger charge is -2.11. The molecule has 0 spiro atoms. The van der Waals surface area contributed by atoms with Gasteiger partial charge in [-0.2, -0.15) is 0 Å². The zero-order valence-corrected chi connectivity index (χ0v) is 16.7. The molecular formula is C23H26N4O2. The molecule has 1 atom stereocenters. The van der Waals surface area contributed by atoms with Gasteiger partial charge in [0.25, 0.3) is 5.91 Å². The number of benzene rings is 2. The molecular weight excluding hydrogens is 364 g/mol. The van der Waals surface area contributed by atoms with Crippen molar-refractivity contribution in [1.82, 2.24) is 0 Å². The monoisotopic (exact) mass is 390 g/mol. The molecule has 150 valence electrons. The molecule has 1 unspecified atom stereocenters. The number of nitrogens with zero attached hydrogens (tertiary/aromatic N) is 1. The van der Waals surface area contributed by atoms with E-state index in [0.717, 1.165) is 17.7 Å². The van der Waals surface area contributed by atoms with Gasteiger partial charge in [-0.05, 0) is 59.9 Å². The fourth-order valence-corrected chi connectivity index (χ4v) is 2.79. The van der Waals surface area contributed by atoms with E-state index < -0.39 is 0 Å². The highest BCUT2D eigenvalue weighted by atomic mass is 16.3. The molecule has 1 heterocycles. The number of furan rings is 1. The summed E-state index contributed by atoms with van der Waals surface area (Å²) < 4.78 is 5.08. The number of nitrogens with two attached hydrogens (primary N) is 1. The summed E-state index contributed by atoms with van der Waals surface area (Å²) in [4.78, 5) is 16.3. The van der Waals surface area contributed by atoms with E-state index in [-0.39, 0.29) is 11.7 Å². The summed E-state index contributed by atoms with van der Waals surface area (Å²) in [6.07, 6.45) is 2.58. The second-order valence-corrected chi connectivity index (χ2v) is 6.89. The third kappa shape index (κ3) is 5.72. The van der Waals surface area contributed by atoms with Gasteiger partial charge in [0.05, 0.1) is 12.8 Å². The van der Waals surface area contributed by atoms with Gasteiger partial charge in [-0.3, -0.25) is 4.79 Å². The van der Waals surface area contributed by atoms with Crippen molar-refractivity contribution in [2.75, 3.05) is 10.6 Å². The predicted octanol–water partition coefficient (Wildman–Crippen LogP) is 4.97. The molecule has 0 aliphatic rings. The van der Waals surface area contributed by atoms with E-state index in [1.165, 1.54) is 11.8 Å². The van der Waals surface area contributed by atoms with Gasteiger partial charge in [0.15, 0.2) is 11.7 Å². The first-order valence-electron chi connectivity index (χ1n) is 9.66. The molecule has 29 heavy (non-hydrogen) atoms. The average Bonchev–Trinajstić information content (AvgIpc) is 3.28. The highest BCUT2D eigenvalue weighted by Gasteiger charge is 2.08. The van der Waals surface area contributed by atoms with Gasteiger partial charge in [-0.15, -0.1) is 0 Å². The zero-order valence-electron chi connectivity index (χ0n) is 16.7. The first kappa shape index (κ1) is 20.2. The van der Waals surface area contributed by atoms with Gasteiger partial charge in [0.2, 0.25) is 0 Å². The number of carbonyl (C=O) groups excluding carboxylic acids is 1. The number of hydrogen-bond donors (Lipinski definition) is 3. The van der Waals surface area contributed by atoms with Crippen molar-refractivity contribution in [2.24, 2.45) is 10.7 Å². The number of amides is 1. The molecule has 0 saturated heterocycles. The van der Waals surface area contributed by atoms with Gasteiger partial charge in [0.1, 0.15) is 0 Å². The van der Waals surface area contributed by atoms with Gasteiger partial charge in [0, 0.05) is 11.4 Å². The van der Waals surface area contributed by atoms with E-state index in [4.69, 9.17) is 10.2 Å². The maximum atomic E-state index is 12.0. The largest absolute Gasteiger partial charge is 0.459 e. The van der Waals surface area contributed by atoms with Crippen molar-refractivity contribution in [3.8, 4) is 0 Å². The summed E-state index contributed by atoms with van der Waals surface area (Å²) >= 11 is 0. The lowest BCUT2D eigenvalue weighted by atomic mass is 9.99. The third-order valence-corrected chi connectivity index (χ3v) is 4.75. The molecule has 1 aromatic heterocycles. The normalized spacial score (nSPS) is 12.4. The minimum Gasteiger partial charge on any atom is -0.459 e. The average molecular weight is 390 g/mol. The topological polar surface area (TPSA) is 92.6 Å². The Hall–Kier alpha value is -3.54. The Morgan fingerprint density at radius 2 is 1.69 bits per heavy atom. The number of rotatable bonds is 7. The Morgan fingerprint density at radius 1 is 1.03 bits per heavy atom. The highest BCUT2D eigenvalue weighted by molar-refractivity contribution is 6.02. The van der Waals surface area contributed by atoms with Crippen molar-refractivity contribution in [2.45, 2.75) is 32.7 Å². The summed E-state index contributed by atoms with van der Waals surface area (Å²) in [7, 11) is 0. The van der Waals surface area contributed by atoms with Gasteiger partial charge in [-0.25, -0.2) is 4.99 Å². The molecule has 0 radical (unpaired) electrons. The molecule has 0 saturated carbocycles. The minimum absolute atomic E-state index is 0.273. The van der Waals surface area contributed by atoms with Gasteiger partial charge in [-0.1, -0.05) is 38.1 Å². The first-order valence-corrected chi connectivity index (χ1v) is 9.66. The van der Waals surface area contributed by atoms with Crippen molar-refractivity contribution < 1.29 is 9.21 Å². The van der Waals surface area contributed by atoms with Crippen LogP contribution in [0.3, 0.4) is 0 Å². The van der Waals surface area contributed by atoms with Crippen molar-refractivity contribution in [1.29, 1.82) is 0 Å². The summed E-state index contributed by atoms with van der Waals surface area (Å²) in [5.74, 6) is 0.890. The molecule has 6 heteroatoms. The number of hydrogen-bond acceptors (Lipinski definition) is 3. The van der Waals surface area contributed by atoms with Crippen LogP contribution in [-0.2, 0) is 6.54 Å². The van der Waals surface area contributed by atoms with Crippen LogP contribution in [-0.4, -0.2) is 11.9 Å². The lowest BCUT2D eigenvalue weighted by molar-refractivity contribution is 0.0996. The van der Waals surface area contributed by atoms with E-state index in [9.17, 15) is 4.79 Å². The fourth-order valence-electron chi connectivity index (χ4n) is 2.79. The molecule has 0 bridgehead atoms. The first-order chi connectivity index (χ1) is 14.0. The predicted molar refractivity (Wildman–Crippen MR) is 117 cm³/mol. The maximum Gasteiger partial charge on any atom is 0.291 e. The van der Waals surface area contributed by atoms with Crippen LogP contribution in [0.2, 0.25) is 0 Å². The van der Waals surface area contributed by atoms with Crippen LogP contribution < -0.4 is 16.4 Å². The Bertz CT molecular complexity index is 946. The van der Waals surface area contributed by atoms with Crippen LogP contribution in [0.1, 0.15) is 47.9 Å². The van der Waals surface area contributed by atoms with E-state index in [2.05, 4.69) is 41.6 Å².